The van der Waals surface area contributed by atoms with Gasteiger partial charge in [0.1, 0.15) is 36.1 Å². The minimum absolute atomic E-state index is 0.0448. The molecule has 216 valence electrons. The second-order valence-electron chi connectivity index (χ2n) is 12.1. The summed E-state index contributed by atoms with van der Waals surface area (Å²) in [6.45, 7) is 7.68. The van der Waals surface area contributed by atoms with Crippen LogP contribution in [-0.2, 0) is 23.7 Å². The van der Waals surface area contributed by atoms with E-state index in [2.05, 4.69) is 0 Å². The predicted octanol–water partition coefficient (Wildman–Crippen LogP) is 0.482. The summed E-state index contributed by atoms with van der Waals surface area (Å²) >= 11 is 0. The molecule has 4 rings (SSSR count). The maximum atomic E-state index is 13.4. The van der Waals surface area contributed by atoms with Crippen molar-refractivity contribution in [1.29, 1.82) is 0 Å². The monoisotopic (exact) mass is 540 g/mol. The minimum atomic E-state index is -1.60. The molecular formula is C28H44O10. The fourth-order valence-corrected chi connectivity index (χ4v) is 7.09. The van der Waals surface area contributed by atoms with Crippen molar-refractivity contribution < 1.29 is 49.3 Å². The molecule has 3 aliphatic carbocycles. The van der Waals surface area contributed by atoms with E-state index in [-0.39, 0.29) is 43.2 Å². The van der Waals surface area contributed by atoms with E-state index in [1.54, 1.807) is 0 Å². The molecule has 0 aromatic heterocycles. The summed E-state index contributed by atoms with van der Waals surface area (Å²) in [6.07, 6.45) is -5.84. The van der Waals surface area contributed by atoms with Crippen molar-refractivity contribution in [3.8, 4) is 0 Å². The molecule has 10 nitrogen and oxygen atoms in total. The second-order valence-corrected chi connectivity index (χ2v) is 12.1. The fraction of sp³-hybridized carbons (Fsp3) is 0.821. The van der Waals surface area contributed by atoms with Crippen molar-refractivity contribution in [2.75, 3.05) is 27.4 Å². The van der Waals surface area contributed by atoms with Crippen LogP contribution in [0, 0.1) is 23.2 Å². The van der Waals surface area contributed by atoms with Crippen molar-refractivity contribution in [2.45, 2.75) is 95.5 Å². The van der Waals surface area contributed by atoms with Crippen LogP contribution in [0.15, 0.2) is 22.8 Å². The number of aliphatic hydroxyl groups is 5. The normalized spacial score (nSPS) is 47.0. The van der Waals surface area contributed by atoms with Crippen LogP contribution < -0.4 is 0 Å². The maximum Gasteiger partial charge on any atom is 0.187 e. The first-order valence-electron chi connectivity index (χ1n) is 13.5. The van der Waals surface area contributed by atoms with Gasteiger partial charge in [-0.25, -0.2) is 0 Å². The van der Waals surface area contributed by atoms with Crippen LogP contribution in [0.25, 0.3) is 0 Å². The molecule has 1 saturated carbocycles. The molecule has 0 radical (unpaired) electrons. The average Bonchev–Trinajstić information content (AvgIpc) is 3.30. The van der Waals surface area contributed by atoms with Crippen LogP contribution in [0.1, 0.15) is 47.0 Å². The predicted molar refractivity (Wildman–Crippen MR) is 136 cm³/mol. The Morgan fingerprint density at radius 1 is 1.08 bits per heavy atom. The lowest BCUT2D eigenvalue weighted by Gasteiger charge is -2.46. The molecule has 1 aliphatic heterocycles. The average molecular weight is 541 g/mol. The van der Waals surface area contributed by atoms with E-state index in [1.165, 1.54) is 14.2 Å². The van der Waals surface area contributed by atoms with Gasteiger partial charge in [-0.3, -0.25) is 4.79 Å². The number of ketones is 1. The minimum Gasteiger partial charge on any atom is -0.390 e. The van der Waals surface area contributed by atoms with Gasteiger partial charge in [-0.05, 0) is 41.7 Å². The van der Waals surface area contributed by atoms with E-state index in [4.69, 9.17) is 18.9 Å². The standard InChI is InChI=1S/C28H44O10/c1-13(2)19-17(29)10-27(4)9-16-15(7-8-28(16,34)12-36-6)14(3)21(30)25(20(19)27)38-26-24(33)23(32)22(31)18(37-26)11-35-5/h9,13-15,18,21-26,30-34H,7-8,10-12H2,1-6H3/b16-9+/t14-,15+,18-,21-,22-,23+,24-,25-,26-,27+,28+/m1/s1. The Bertz CT molecular complexity index is 961. The van der Waals surface area contributed by atoms with Gasteiger partial charge in [0, 0.05) is 31.6 Å². The number of hydrogen-bond donors (Lipinski definition) is 5. The molecule has 10 heteroatoms. The molecule has 11 atom stereocenters. The largest absolute Gasteiger partial charge is 0.390 e. The lowest BCUT2D eigenvalue weighted by atomic mass is 9.68. The Morgan fingerprint density at radius 2 is 1.76 bits per heavy atom. The van der Waals surface area contributed by atoms with Gasteiger partial charge in [0.05, 0.1) is 19.3 Å². The van der Waals surface area contributed by atoms with Gasteiger partial charge in [-0.15, -0.1) is 0 Å². The molecule has 1 saturated heterocycles. The summed E-state index contributed by atoms with van der Waals surface area (Å²) in [5.41, 5.74) is -0.156. The van der Waals surface area contributed by atoms with E-state index >= 15 is 0 Å². The zero-order valence-electron chi connectivity index (χ0n) is 23.2. The number of hydrogen-bond acceptors (Lipinski definition) is 10. The Kier molecular flexibility index (Phi) is 8.61. The van der Waals surface area contributed by atoms with Crippen LogP contribution in [0.4, 0.5) is 0 Å². The highest BCUT2D eigenvalue weighted by molar-refractivity contribution is 6.01. The van der Waals surface area contributed by atoms with E-state index in [0.717, 1.165) is 5.57 Å². The number of carbonyl (C=O) groups is 1. The van der Waals surface area contributed by atoms with E-state index in [1.807, 2.05) is 33.8 Å². The molecule has 0 spiro atoms. The molecule has 0 bridgehead atoms. The summed E-state index contributed by atoms with van der Waals surface area (Å²) in [6, 6.07) is 0. The van der Waals surface area contributed by atoms with Crippen molar-refractivity contribution in [1.82, 2.24) is 0 Å². The number of Topliss-reactive ketones (excluding diaryl/α,β-unsaturated/α-hetero) is 1. The van der Waals surface area contributed by atoms with Crippen molar-refractivity contribution in [2.24, 2.45) is 23.2 Å². The highest BCUT2D eigenvalue weighted by Crippen LogP contribution is 2.55. The first kappa shape index (κ1) is 29.8. The van der Waals surface area contributed by atoms with E-state index in [9.17, 15) is 30.3 Å². The van der Waals surface area contributed by atoms with Crippen LogP contribution in [-0.4, -0.2) is 107 Å². The Balaban J connectivity index is 1.83. The molecular weight excluding hydrogens is 496 g/mol. The Hall–Kier alpha value is -1.21. The molecule has 1 heterocycles. The Morgan fingerprint density at radius 3 is 2.37 bits per heavy atom. The van der Waals surface area contributed by atoms with Gasteiger partial charge < -0.3 is 44.5 Å². The van der Waals surface area contributed by atoms with E-state index in [0.29, 0.717) is 24.0 Å². The van der Waals surface area contributed by atoms with Crippen molar-refractivity contribution >= 4 is 5.78 Å². The quantitative estimate of drug-likeness (QED) is 0.288. The number of carbonyl (C=O) groups excluding carboxylic acids is 1. The summed E-state index contributed by atoms with van der Waals surface area (Å²) in [5.74, 6) is -0.802. The lowest BCUT2D eigenvalue weighted by molar-refractivity contribution is -0.316. The van der Waals surface area contributed by atoms with Crippen molar-refractivity contribution in [3.63, 3.8) is 0 Å². The van der Waals surface area contributed by atoms with Gasteiger partial charge in [0.25, 0.3) is 0 Å². The SMILES string of the molecule is COC[C@H]1O[C@H](O[C@@H]2C3=C(C(C)C)C(=O)C[C@]3(C)/C=C3\[C@@H](CC[C@]3(O)COC)[C@@H](C)[C@H]2O)[C@H](O)[C@@H](O)[C@@H]1O. The molecule has 0 unspecified atom stereocenters. The zero-order valence-corrected chi connectivity index (χ0v) is 23.2. The number of rotatable bonds is 7. The highest BCUT2D eigenvalue weighted by atomic mass is 16.7. The summed E-state index contributed by atoms with van der Waals surface area (Å²) in [5, 5.41) is 55.1. The van der Waals surface area contributed by atoms with Crippen molar-refractivity contribution in [3.05, 3.63) is 22.8 Å². The van der Waals surface area contributed by atoms with Crippen LogP contribution in [0.3, 0.4) is 0 Å². The van der Waals surface area contributed by atoms with Gasteiger partial charge in [-0.2, -0.15) is 0 Å². The van der Waals surface area contributed by atoms with Crippen LogP contribution >= 0.6 is 0 Å². The number of ether oxygens (including phenoxy) is 4. The van der Waals surface area contributed by atoms with Gasteiger partial charge in [0.15, 0.2) is 12.1 Å². The summed E-state index contributed by atoms with van der Waals surface area (Å²) < 4.78 is 22.6. The third kappa shape index (κ3) is 4.93. The van der Waals surface area contributed by atoms with Gasteiger partial charge in [0.2, 0.25) is 0 Å². The molecule has 5 N–H and O–H groups in total. The lowest BCUT2D eigenvalue weighted by Crippen LogP contribution is -2.61. The highest BCUT2D eigenvalue weighted by Gasteiger charge is 2.56. The molecule has 38 heavy (non-hydrogen) atoms. The van der Waals surface area contributed by atoms with Gasteiger partial charge >= 0.3 is 0 Å². The van der Waals surface area contributed by atoms with E-state index < -0.39 is 53.9 Å². The number of aliphatic hydroxyl groups excluding tert-OH is 4. The smallest absolute Gasteiger partial charge is 0.187 e. The Labute approximate surface area is 224 Å². The third-order valence-electron chi connectivity index (χ3n) is 9.02. The first-order chi connectivity index (χ1) is 17.8. The number of methoxy groups -OCH3 is 2. The topological polar surface area (TPSA) is 155 Å². The molecule has 0 aromatic rings. The molecule has 0 amide bonds. The molecule has 4 aliphatic rings. The first-order valence-corrected chi connectivity index (χ1v) is 13.5. The third-order valence-corrected chi connectivity index (χ3v) is 9.02. The fourth-order valence-electron chi connectivity index (χ4n) is 7.09. The zero-order chi connectivity index (χ0) is 28.2. The summed E-state index contributed by atoms with van der Waals surface area (Å²) in [7, 11) is 2.97. The second kappa shape index (κ2) is 11.0. The van der Waals surface area contributed by atoms with Crippen LogP contribution in [0.5, 0.6) is 0 Å². The summed E-state index contributed by atoms with van der Waals surface area (Å²) in [4.78, 5) is 13.4. The number of allylic oxidation sites excluding steroid dienone is 2. The van der Waals surface area contributed by atoms with Crippen LogP contribution in [0.2, 0.25) is 0 Å². The molecule has 0 aromatic carbocycles. The molecule has 2 fully saturated rings. The van der Waals surface area contributed by atoms with Gasteiger partial charge in [-0.1, -0.05) is 33.8 Å². The number of fused-ring (bicyclic) bond motifs is 2. The maximum absolute atomic E-state index is 13.4.